The molecule has 10 nitrogen and oxygen atoms in total. The number of Topliss-reactive ketones (excluding diaryl/α,β-unsaturated/α-hetero) is 1. The molecule has 202 valence electrons. The second-order valence-electron chi connectivity index (χ2n) is 10.5. The Balaban J connectivity index is 1.32. The van der Waals surface area contributed by atoms with Crippen molar-refractivity contribution in [3.63, 3.8) is 0 Å². The summed E-state index contributed by atoms with van der Waals surface area (Å²) in [6.07, 6.45) is 0.484. The SMILES string of the molecule is CCOCCOCCCCC(=O)C[C@@H]1CCO[C@@]2(O1)[C@@H]([C@H]1COC(C)(C)O1)O[C@@H]1OC(C)(C)O[C@@H]12. The number of fused-ring (bicyclic) bond motifs is 2. The van der Waals surface area contributed by atoms with Crippen LogP contribution in [0.2, 0.25) is 0 Å². The second kappa shape index (κ2) is 11.4. The van der Waals surface area contributed by atoms with Crippen LogP contribution in [0, 0.1) is 0 Å². The van der Waals surface area contributed by atoms with Crippen molar-refractivity contribution < 1.29 is 47.4 Å². The molecule has 0 saturated carbocycles. The molecule has 0 aliphatic carbocycles. The first-order valence-corrected chi connectivity index (χ1v) is 13.0. The summed E-state index contributed by atoms with van der Waals surface area (Å²) in [5.41, 5.74) is 0. The molecule has 0 aromatic rings. The van der Waals surface area contributed by atoms with E-state index in [9.17, 15) is 4.79 Å². The van der Waals surface area contributed by atoms with Gasteiger partial charge in [0, 0.05) is 26.1 Å². The molecular formula is C25H42O10. The lowest BCUT2D eigenvalue weighted by Crippen LogP contribution is -2.61. The minimum atomic E-state index is -1.23. The molecule has 0 unspecified atom stereocenters. The molecule has 0 N–H and O–H groups in total. The van der Waals surface area contributed by atoms with Gasteiger partial charge in [0.1, 0.15) is 18.0 Å². The van der Waals surface area contributed by atoms with E-state index in [-0.39, 0.29) is 11.9 Å². The molecule has 0 aromatic carbocycles. The molecule has 0 bridgehead atoms. The van der Waals surface area contributed by atoms with Crippen LogP contribution in [0.25, 0.3) is 0 Å². The number of ketones is 1. The standard InChI is InChI=1S/C25H42O10/c1-6-27-13-14-28-11-8-7-9-17(26)15-18-10-12-29-25(32-18)20(19-16-30-23(2,3)33-19)31-22-21(25)34-24(4,5)35-22/h18-22H,6-16H2,1-5H3/t18-,19+,20+,21-,22+,25+/m0/s1. The Morgan fingerprint density at radius 3 is 2.43 bits per heavy atom. The molecule has 35 heavy (non-hydrogen) atoms. The van der Waals surface area contributed by atoms with Gasteiger partial charge in [-0.1, -0.05) is 0 Å². The van der Waals surface area contributed by atoms with E-state index < -0.39 is 42.0 Å². The number of rotatable bonds is 12. The van der Waals surface area contributed by atoms with Gasteiger partial charge in [0.05, 0.1) is 32.5 Å². The fraction of sp³-hybridized carbons (Fsp3) is 0.960. The number of hydrogen-bond donors (Lipinski definition) is 0. The third kappa shape index (κ3) is 6.61. The number of ether oxygens (including phenoxy) is 9. The smallest absolute Gasteiger partial charge is 0.230 e. The lowest BCUT2D eigenvalue weighted by atomic mass is 9.97. The minimum Gasteiger partial charge on any atom is -0.379 e. The summed E-state index contributed by atoms with van der Waals surface area (Å²) in [7, 11) is 0. The summed E-state index contributed by atoms with van der Waals surface area (Å²) in [6, 6.07) is 0. The van der Waals surface area contributed by atoms with Crippen molar-refractivity contribution in [2.75, 3.05) is 39.6 Å². The van der Waals surface area contributed by atoms with E-state index in [1.165, 1.54) is 0 Å². The zero-order chi connectivity index (χ0) is 25.1. The summed E-state index contributed by atoms with van der Waals surface area (Å²) in [5, 5.41) is 0. The maximum Gasteiger partial charge on any atom is 0.230 e. The van der Waals surface area contributed by atoms with E-state index in [2.05, 4.69) is 0 Å². The zero-order valence-electron chi connectivity index (χ0n) is 21.7. The van der Waals surface area contributed by atoms with Crippen LogP contribution < -0.4 is 0 Å². The lowest BCUT2D eigenvalue weighted by Gasteiger charge is -2.44. The molecule has 4 aliphatic rings. The first-order valence-electron chi connectivity index (χ1n) is 13.0. The topological polar surface area (TPSA) is 100 Å². The Morgan fingerprint density at radius 1 is 0.886 bits per heavy atom. The van der Waals surface area contributed by atoms with E-state index in [0.29, 0.717) is 58.9 Å². The van der Waals surface area contributed by atoms with E-state index in [4.69, 9.17) is 42.6 Å². The van der Waals surface area contributed by atoms with Crippen LogP contribution in [0.15, 0.2) is 0 Å². The van der Waals surface area contributed by atoms with Crippen LogP contribution in [0.5, 0.6) is 0 Å². The first kappa shape index (κ1) is 27.3. The van der Waals surface area contributed by atoms with Crippen molar-refractivity contribution in [3.05, 3.63) is 0 Å². The van der Waals surface area contributed by atoms with Gasteiger partial charge in [-0.05, 0) is 53.9 Å². The maximum absolute atomic E-state index is 12.7. The predicted molar refractivity (Wildman–Crippen MR) is 123 cm³/mol. The van der Waals surface area contributed by atoms with Crippen molar-refractivity contribution in [3.8, 4) is 0 Å². The van der Waals surface area contributed by atoms with E-state index in [1.54, 1.807) is 0 Å². The molecule has 0 radical (unpaired) electrons. The highest BCUT2D eigenvalue weighted by molar-refractivity contribution is 5.78. The quantitative estimate of drug-likeness (QED) is 0.370. The molecule has 4 fully saturated rings. The van der Waals surface area contributed by atoms with Gasteiger partial charge in [-0.25, -0.2) is 0 Å². The van der Waals surface area contributed by atoms with E-state index >= 15 is 0 Å². The normalized spacial score (nSPS) is 37.7. The molecule has 0 aromatic heterocycles. The molecule has 4 heterocycles. The maximum atomic E-state index is 12.7. The molecule has 4 aliphatic heterocycles. The van der Waals surface area contributed by atoms with Gasteiger partial charge >= 0.3 is 0 Å². The molecule has 1 spiro atoms. The summed E-state index contributed by atoms with van der Waals surface area (Å²) in [6.45, 7) is 12.6. The number of carbonyl (C=O) groups excluding carboxylic acids is 1. The molecule has 4 saturated heterocycles. The van der Waals surface area contributed by atoms with Gasteiger partial charge in [0.2, 0.25) is 5.79 Å². The summed E-state index contributed by atoms with van der Waals surface area (Å²) in [4.78, 5) is 12.7. The van der Waals surface area contributed by atoms with Crippen molar-refractivity contribution in [2.24, 2.45) is 0 Å². The highest BCUT2D eigenvalue weighted by atomic mass is 16.9. The van der Waals surface area contributed by atoms with Crippen molar-refractivity contribution >= 4 is 5.78 Å². The monoisotopic (exact) mass is 502 g/mol. The van der Waals surface area contributed by atoms with Gasteiger partial charge in [-0.15, -0.1) is 0 Å². The van der Waals surface area contributed by atoms with Crippen LogP contribution in [0.3, 0.4) is 0 Å². The Hall–Kier alpha value is -0.690. The van der Waals surface area contributed by atoms with Crippen molar-refractivity contribution in [2.45, 2.75) is 115 Å². The first-order chi connectivity index (χ1) is 16.6. The van der Waals surface area contributed by atoms with Crippen LogP contribution >= 0.6 is 0 Å². The van der Waals surface area contributed by atoms with Crippen molar-refractivity contribution in [1.29, 1.82) is 0 Å². The fourth-order valence-electron chi connectivity index (χ4n) is 5.11. The van der Waals surface area contributed by atoms with Gasteiger partial charge in [-0.3, -0.25) is 4.79 Å². The van der Waals surface area contributed by atoms with Crippen LogP contribution in [0.4, 0.5) is 0 Å². The number of hydrogen-bond acceptors (Lipinski definition) is 10. The Labute approximate surface area is 208 Å². The van der Waals surface area contributed by atoms with Gasteiger partial charge in [0.25, 0.3) is 0 Å². The molecule has 6 atom stereocenters. The highest BCUT2D eigenvalue weighted by Crippen LogP contribution is 2.50. The summed E-state index contributed by atoms with van der Waals surface area (Å²) in [5.74, 6) is -2.63. The summed E-state index contributed by atoms with van der Waals surface area (Å²) < 4.78 is 53.9. The highest BCUT2D eigenvalue weighted by Gasteiger charge is 2.70. The third-order valence-corrected chi connectivity index (χ3v) is 6.64. The predicted octanol–water partition coefficient (Wildman–Crippen LogP) is 2.70. The van der Waals surface area contributed by atoms with Gasteiger partial charge in [-0.2, -0.15) is 0 Å². The minimum absolute atomic E-state index is 0.166. The Morgan fingerprint density at radius 2 is 1.69 bits per heavy atom. The fourth-order valence-corrected chi connectivity index (χ4v) is 5.11. The van der Waals surface area contributed by atoms with Crippen LogP contribution in [0.1, 0.15) is 66.7 Å². The van der Waals surface area contributed by atoms with Crippen molar-refractivity contribution in [1.82, 2.24) is 0 Å². The summed E-state index contributed by atoms with van der Waals surface area (Å²) >= 11 is 0. The third-order valence-electron chi connectivity index (χ3n) is 6.64. The average molecular weight is 503 g/mol. The Bertz CT molecular complexity index is 712. The number of unbranched alkanes of at least 4 members (excludes halogenated alkanes) is 1. The zero-order valence-corrected chi connectivity index (χ0v) is 21.7. The van der Waals surface area contributed by atoms with Crippen LogP contribution in [-0.4, -0.2) is 93.5 Å². The molecule has 0 amide bonds. The van der Waals surface area contributed by atoms with E-state index in [1.807, 2.05) is 34.6 Å². The second-order valence-corrected chi connectivity index (χ2v) is 10.5. The molecule has 10 heteroatoms. The molecule has 4 rings (SSSR count). The molecular weight excluding hydrogens is 460 g/mol. The van der Waals surface area contributed by atoms with Crippen LogP contribution in [-0.2, 0) is 47.4 Å². The van der Waals surface area contributed by atoms with Gasteiger partial charge in [0.15, 0.2) is 24.0 Å². The largest absolute Gasteiger partial charge is 0.379 e. The van der Waals surface area contributed by atoms with E-state index in [0.717, 1.165) is 12.8 Å². The lowest BCUT2D eigenvalue weighted by molar-refractivity contribution is -0.360. The number of carbonyl (C=O) groups is 1. The van der Waals surface area contributed by atoms with Gasteiger partial charge < -0.3 is 42.6 Å². The average Bonchev–Trinajstić information content (AvgIpc) is 3.39. The Kier molecular flexibility index (Phi) is 8.88.